The molecule has 0 bridgehead atoms. The Balaban J connectivity index is 1.48. The van der Waals surface area contributed by atoms with Crippen LogP contribution in [0.3, 0.4) is 0 Å². The van der Waals surface area contributed by atoms with Crippen molar-refractivity contribution in [3.63, 3.8) is 0 Å². The highest BCUT2D eigenvalue weighted by molar-refractivity contribution is 7.86. The van der Waals surface area contributed by atoms with Crippen molar-refractivity contribution >= 4 is 16.0 Å². The van der Waals surface area contributed by atoms with Crippen LogP contribution in [-0.4, -0.2) is 31.1 Å². The summed E-state index contributed by atoms with van der Waals surface area (Å²) in [5, 5.41) is 13.9. The quantitative estimate of drug-likeness (QED) is 0.550. The summed E-state index contributed by atoms with van der Waals surface area (Å²) < 4.78 is 39.6. The highest BCUT2D eigenvalue weighted by Gasteiger charge is 2.68. The molecule has 2 aromatic rings. The Morgan fingerprint density at radius 2 is 1.81 bits per heavy atom. The number of ether oxygens (including phenoxy) is 1. The van der Waals surface area contributed by atoms with Crippen LogP contribution in [0.2, 0.25) is 0 Å². The molecule has 1 amide bonds. The maximum absolute atomic E-state index is 13.3. The van der Waals surface area contributed by atoms with Crippen molar-refractivity contribution in [1.82, 2.24) is 5.32 Å². The Morgan fingerprint density at radius 1 is 1.08 bits per heavy atom. The molecule has 37 heavy (non-hydrogen) atoms. The number of carbonyl (C=O) groups is 1. The van der Waals surface area contributed by atoms with Gasteiger partial charge in [-0.1, -0.05) is 45.9 Å². The zero-order valence-corrected chi connectivity index (χ0v) is 22.7. The van der Waals surface area contributed by atoms with Gasteiger partial charge in [0.2, 0.25) is 0 Å². The highest BCUT2D eigenvalue weighted by Crippen LogP contribution is 2.67. The molecule has 2 aromatic carbocycles. The molecule has 2 saturated carbocycles. The fraction of sp³-hybridized carbons (Fsp3) is 0.552. The van der Waals surface area contributed by atoms with Crippen LogP contribution in [0, 0.1) is 22.7 Å². The smallest absolute Gasteiger partial charge is 0.297 e. The van der Waals surface area contributed by atoms with Gasteiger partial charge in [0.15, 0.2) is 0 Å². The van der Waals surface area contributed by atoms with Crippen LogP contribution in [0.4, 0.5) is 0 Å². The molecule has 6 rings (SSSR count). The number of fused-ring (bicyclic) bond motifs is 3. The van der Waals surface area contributed by atoms with Crippen molar-refractivity contribution in [3.05, 3.63) is 53.1 Å². The average molecular weight is 526 g/mol. The zero-order chi connectivity index (χ0) is 26.4. The van der Waals surface area contributed by atoms with Gasteiger partial charge in [-0.25, -0.2) is 0 Å². The van der Waals surface area contributed by atoms with E-state index in [1.165, 1.54) is 0 Å². The molecule has 4 aliphatic rings. The number of carbonyl (C=O) groups excluding carboxylic acids is 1. The van der Waals surface area contributed by atoms with E-state index < -0.39 is 21.8 Å². The van der Waals surface area contributed by atoms with Crippen molar-refractivity contribution in [2.45, 2.75) is 82.9 Å². The molecule has 5 unspecified atom stereocenters. The predicted molar refractivity (Wildman–Crippen MR) is 138 cm³/mol. The van der Waals surface area contributed by atoms with Crippen LogP contribution in [-0.2, 0) is 27.3 Å². The zero-order valence-electron chi connectivity index (χ0n) is 21.8. The SMILES string of the molecule is CC1CCC2C(C)(C)CC(OS(=O)(=O)c3ccccc3)CC23Oc2c(c(O)cc4c2CNC4=O)CC13C. The molecule has 7 nitrogen and oxygen atoms in total. The Bertz CT molecular complexity index is 1390. The normalized spacial score (nSPS) is 33.8. The molecule has 0 aromatic heterocycles. The number of phenols is 1. The van der Waals surface area contributed by atoms with E-state index in [1.54, 1.807) is 36.4 Å². The predicted octanol–water partition coefficient (Wildman–Crippen LogP) is 4.96. The summed E-state index contributed by atoms with van der Waals surface area (Å²) in [6.07, 6.45) is 3.07. The molecule has 1 spiro atoms. The molecule has 2 aliphatic heterocycles. The van der Waals surface area contributed by atoms with Crippen molar-refractivity contribution in [2.24, 2.45) is 22.7 Å². The number of hydrogen-bond acceptors (Lipinski definition) is 6. The minimum atomic E-state index is -3.96. The van der Waals surface area contributed by atoms with Gasteiger partial charge >= 0.3 is 0 Å². The molecule has 8 heteroatoms. The van der Waals surface area contributed by atoms with Crippen LogP contribution >= 0.6 is 0 Å². The van der Waals surface area contributed by atoms with Gasteiger partial charge in [-0.15, -0.1) is 0 Å². The van der Waals surface area contributed by atoms with Crippen LogP contribution < -0.4 is 10.1 Å². The molecular formula is C29H35NO6S. The first-order valence-electron chi connectivity index (χ1n) is 13.2. The van der Waals surface area contributed by atoms with Gasteiger partial charge in [0.1, 0.15) is 17.1 Å². The van der Waals surface area contributed by atoms with E-state index in [0.717, 1.165) is 24.0 Å². The molecule has 2 aliphatic carbocycles. The summed E-state index contributed by atoms with van der Waals surface area (Å²) in [4.78, 5) is 12.6. The van der Waals surface area contributed by atoms with Gasteiger partial charge in [-0.2, -0.15) is 8.42 Å². The Morgan fingerprint density at radius 3 is 2.54 bits per heavy atom. The summed E-state index contributed by atoms with van der Waals surface area (Å²) in [7, 11) is -3.96. The lowest BCUT2D eigenvalue weighted by Crippen LogP contribution is -2.70. The fourth-order valence-electron chi connectivity index (χ4n) is 7.98. The number of rotatable bonds is 3. The van der Waals surface area contributed by atoms with Crippen molar-refractivity contribution in [2.75, 3.05) is 0 Å². The third kappa shape index (κ3) is 3.48. The van der Waals surface area contributed by atoms with Gasteiger partial charge in [0, 0.05) is 35.4 Å². The molecule has 198 valence electrons. The van der Waals surface area contributed by atoms with E-state index in [9.17, 15) is 18.3 Å². The largest absolute Gasteiger partial charge is 0.508 e. The average Bonchev–Trinajstić information content (AvgIpc) is 3.19. The topological polar surface area (TPSA) is 102 Å². The Hall–Kier alpha value is -2.58. The fourth-order valence-corrected chi connectivity index (χ4v) is 9.08. The van der Waals surface area contributed by atoms with Gasteiger partial charge in [0.05, 0.1) is 16.6 Å². The highest BCUT2D eigenvalue weighted by atomic mass is 32.2. The monoisotopic (exact) mass is 525 g/mol. The minimum absolute atomic E-state index is 0.0886. The number of benzene rings is 2. The van der Waals surface area contributed by atoms with E-state index >= 15 is 0 Å². The number of nitrogens with one attached hydrogen (secondary N) is 1. The third-order valence-corrected chi connectivity index (χ3v) is 11.4. The van der Waals surface area contributed by atoms with E-state index in [2.05, 4.69) is 33.0 Å². The second-order valence-corrected chi connectivity index (χ2v) is 14.0. The molecule has 5 atom stereocenters. The van der Waals surface area contributed by atoms with Crippen LogP contribution in [0.25, 0.3) is 0 Å². The maximum Gasteiger partial charge on any atom is 0.297 e. The van der Waals surface area contributed by atoms with Crippen molar-refractivity contribution in [1.29, 1.82) is 0 Å². The van der Waals surface area contributed by atoms with Crippen LogP contribution in [0.1, 0.15) is 74.9 Å². The van der Waals surface area contributed by atoms with E-state index in [1.807, 2.05) is 0 Å². The molecule has 0 radical (unpaired) electrons. The first kappa shape index (κ1) is 24.7. The number of amides is 1. The number of hydrogen-bond donors (Lipinski definition) is 2. The Labute approximate surface area is 218 Å². The number of phenolic OH excluding ortho intramolecular Hbond substituents is 1. The first-order chi connectivity index (χ1) is 17.4. The lowest BCUT2D eigenvalue weighted by atomic mass is 9.44. The summed E-state index contributed by atoms with van der Waals surface area (Å²) >= 11 is 0. The van der Waals surface area contributed by atoms with E-state index in [4.69, 9.17) is 8.92 Å². The van der Waals surface area contributed by atoms with Gasteiger partial charge in [-0.05, 0) is 55.2 Å². The number of aromatic hydroxyl groups is 1. The van der Waals surface area contributed by atoms with Crippen molar-refractivity contribution < 1.29 is 27.2 Å². The summed E-state index contributed by atoms with van der Waals surface area (Å²) in [5.74, 6) is 0.912. The van der Waals surface area contributed by atoms with Gasteiger partial charge in [0.25, 0.3) is 16.0 Å². The van der Waals surface area contributed by atoms with E-state index in [-0.39, 0.29) is 39.2 Å². The van der Waals surface area contributed by atoms with Crippen LogP contribution in [0.5, 0.6) is 11.5 Å². The molecule has 2 N–H and O–H groups in total. The second kappa shape index (κ2) is 7.96. The lowest BCUT2D eigenvalue weighted by molar-refractivity contribution is -0.227. The van der Waals surface area contributed by atoms with E-state index in [0.29, 0.717) is 37.1 Å². The standard InChI is InChI=1S/C29H35NO6S/c1-17-10-11-24-27(2,3)13-18(36-37(33,34)19-8-6-5-7-9-19)14-29(24)28(17,4)15-21-23(31)12-20-22(25(21)35-29)16-30-26(20)32/h5-9,12,17-18,24,31H,10-11,13-16H2,1-4H3,(H,30,32). The summed E-state index contributed by atoms with van der Waals surface area (Å²) in [5.41, 5.74) is 0.662. The van der Waals surface area contributed by atoms with Gasteiger partial charge < -0.3 is 15.2 Å². The molecule has 2 heterocycles. The summed E-state index contributed by atoms with van der Waals surface area (Å²) in [6.45, 7) is 9.21. The first-order valence-corrected chi connectivity index (χ1v) is 14.6. The molecular weight excluding hydrogens is 490 g/mol. The lowest BCUT2D eigenvalue weighted by Gasteiger charge is -2.67. The second-order valence-electron chi connectivity index (χ2n) is 12.4. The third-order valence-electron chi connectivity index (χ3n) is 9.99. The minimum Gasteiger partial charge on any atom is -0.508 e. The molecule has 0 saturated heterocycles. The summed E-state index contributed by atoms with van der Waals surface area (Å²) in [6, 6.07) is 9.84. The molecule has 2 fully saturated rings. The maximum atomic E-state index is 13.3. The Kier molecular flexibility index (Phi) is 5.32. The van der Waals surface area contributed by atoms with Gasteiger partial charge in [-0.3, -0.25) is 8.98 Å². The van der Waals surface area contributed by atoms with Crippen LogP contribution in [0.15, 0.2) is 41.3 Å². The van der Waals surface area contributed by atoms with Crippen molar-refractivity contribution in [3.8, 4) is 11.5 Å².